The van der Waals surface area contributed by atoms with E-state index in [1.807, 2.05) is 11.9 Å². The molecule has 0 bridgehead atoms. The number of thiophene rings is 1. The topological polar surface area (TPSA) is 38.1 Å². The van der Waals surface area contributed by atoms with Crippen molar-refractivity contribution in [2.24, 2.45) is 7.05 Å². The summed E-state index contributed by atoms with van der Waals surface area (Å²) >= 11 is 5.10. The van der Waals surface area contributed by atoms with Crippen LogP contribution in [0.2, 0.25) is 0 Å². The summed E-state index contributed by atoms with van der Waals surface area (Å²) in [7, 11) is 3.59. The molecule has 0 atom stereocenters. The molecule has 0 spiro atoms. The molecule has 2 heterocycles. The Morgan fingerprint density at radius 3 is 2.83 bits per heavy atom. The molecule has 0 aliphatic carbocycles. The number of rotatable bonds is 3. The molecule has 0 radical (unpaired) electrons. The second kappa shape index (κ2) is 5.24. The van der Waals surface area contributed by atoms with Gasteiger partial charge in [-0.05, 0) is 35.0 Å². The highest BCUT2D eigenvalue weighted by atomic mass is 79.9. The predicted octanol–water partition coefficient (Wildman–Crippen LogP) is 2.55. The molecule has 2 aromatic rings. The first-order valence-corrected chi connectivity index (χ1v) is 7.08. The normalized spacial score (nSPS) is 10.7. The number of halogens is 1. The lowest BCUT2D eigenvalue weighted by Crippen LogP contribution is -2.25. The van der Waals surface area contributed by atoms with E-state index in [0.29, 0.717) is 4.47 Å². The first-order chi connectivity index (χ1) is 8.49. The van der Waals surface area contributed by atoms with Crippen molar-refractivity contribution in [3.63, 3.8) is 0 Å². The van der Waals surface area contributed by atoms with Gasteiger partial charge in [0.15, 0.2) is 0 Å². The average molecular weight is 328 g/mol. The van der Waals surface area contributed by atoms with Crippen LogP contribution in [0.15, 0.2) is 27.6 Å². The zero-order valence-electron chi connectivity index (χ0n) is 10.5. The van der Waals surface area contributed by atoms with Crippen molar-refractivity contribution in [1.82, 2.24) is 9.78 Å². The average Bonchev–Trinajstić information content (AvgIpc) is 2.71. The minimum Gasteiger partial charge on any atom is -0.367 e. The van der Waals surface area contributed by atoms with Crippen molar-refractivity contribution in [3.8, 4) is 0 Å². The largest absolute Gasteiger partial charge is 0.367 e. The Morgan fingerprint density at radius 1 is 1.50 bits per heavy atom. The highest BCUT2D eigenvalue weighted by Crippen LogP contribution is 2.24. The third-order valence-corrected chi connectivity index (χ3v) is 4.39. The van der Waals surface area contributed by atoms with Crippen LogP contribution in [-0.4, -0.2) is 16.8 Å². The molecule has 4 nitrogen and oxygen atoms in total. The monoisotopic (exact) mass is 327 g/mol. The summed E-state index contributed by atoms with van der Waals surface area (Å²) in [6.07, 6.45) is 1.70. The van der Waals surface area contributed by atoms with Crippen molar-refractivity contribution in [1.29, 1.82) is 0 Å². The predicted molar refractivity (Wildman–Crippen MR) is 78.3 cm³/mol. The van der Waals surface area contributed by atoms with Crippen molar-refractivity contribution < 1.29 is 0 Å². The summed E-state index contributed by atoms with van der Waals surface area (Å²) in [6, 6.07) is 4.21. The zero-order chi connectivity index (χ0) is 13.3. The molecule has 0 amide bonds. The Bertz CT molecular complexity index is 620. The van der Waals surface area contributed by atoms with Crippen LogP contribution in [0.1, 0.15) is 9.75 Å². The number of anilines is 1. The smallest absolute Gasteiger partial charge is 0.282 e. The Kier molecular flexibility index (Phi) is 3.87. The first kappa shape index (κ1) is 13.3. The Labute approximate surface area is 118 Å². The van der Waals surface area contributed by atoms with Gasteiger partial charge in [0.1, 0.15) is 4.47 Å². The molecule has 0 aromatic carbocycles. The van der Waals surface area contributed by atoms with Gasteiger partial charge in [0, 0.05) is 23.8 Å². The second-order valence-corrected chi connectivity index (χ2v) is 6.31. The van der Waals surface area contributed by atoms with Gasteiger partial charge in [-0.25, -0.2) is 4.68 Å². The Hall–Kier alpha value is -1.14. The van der Waals surface area contributed by atoms with Crippen LogP contribution in [0.3, 0.4) is 0 Å². The van der Waals surface area contributed by atoms with Crippen LogP contribution in [0.4, 0.5) is 5.69 Å². The van der Waals surface area contributed by atoms with E-state index in [1.54, 1.807) is 24.6 Å². The second-order valence-electron chi connectivity index (χ2n) is 4.14. The molecule has 2 aromatic heterocycles. The molecule has 0 aliphatic rings. The van der Waals surface area contributed by atoms with E-state index >= 15 is 0 Å². The van der Waals surface area contributed by atoms with Gasteiger partial charge in [0.2, 0.25) is 0 Å². The van der Waals surface area contributed by atoms with Crippen molar-refractivity contribution >= 4 is 33.0 Å². The van der Waals surface area contributed by atoms with E-state index in [-0.39, 0.29) is 5.56 Å². The van der Waals surface area contributed by atoms with E-state index in [1.165, 1.54) is 14.4 Å². The van der Waals surface area contributed by atoms with Gasteiger partial charge in [-0.2, -0.15) is 5.10 Å². The summed E-state index contributed by atoms with van der Waals surface area (Å²) in [5.41, 5.74) is 0.686. The molecule has 0 unspecified atom stereocenters. The number of aryl methyl sites for hydroxylation is 2. The molecule has 0 N–H and O–H groups in total. The van der Waals surface area contributed by atoms with Crippen LogP contribution < -0.4 is 10.5 Å². The lowest BCUT2D eigenvalue weighted by Gasteiger charge is -2.19. The van der Waals surface area contributed by atoms with Crippen molar-refractivity contribution in [3.05, 3.63) is 42.9 Å². The van der Waals surface area contributed by atoms with Gasteiger partial charge in [0.25, 0.3) is 5.56 Å². The summed E-state index contributed by atoms with van der Waals surface area (Å²) in [5, 5.41) is 4.04. The van der Waals surface area contributed by atoms with E-state index < -0.39 is 0 Å². The highest BCUT2D eigenvalue weighted by molar-refractivity contribution is 9.10. The van der Waals surface area contributed by atoms with E-state index in [4.69, 9.17) is 0 Å². The fraction of sp³-hybridized carbons (Fsp3) is 0.333. The zero-order valence-corrected chi connectivity index (χ0v) is 12.9. The molecule has 2 rings (SSSR count). The third kappa shape index (κ3) is 2.64. The molecular formula is C12H14BrN3OS. The molecule has 0 aliphatic heterocycles. The number of aromatic nitrogens is 2. The summed E-state index contributed by atoms with van der Waals surface area (Å²) in [5.74, 6) is 0. The van der Waals surface area contributed by atoms with Crippen molar-refractivity contribution in [2.75, 3.05) is 11.9 Å². The third-order valence-electron chi connectivity index (χ3n) is 2.66. The molecule has 96 valence electrons. The van der Waals surface area contributed by atoms with Gasteiger partial charge in [-0.1, -0.05) is 0 Å². The Balaban J connectivity index is 2.26. The molecule has 18 heavy (non-hydrogen) atoms. The SMILES string of the molecule is Cc1ccc(CN(C)c2cnn(C)c(=O)c2Br)s1. The number of nitrogens with zero attached hydrogens (tertiary/aromatic N) is 3. The lowest BCUT2D eigenvalue weighted by atomic mass is 10.3. The van der Waals surface area contributed by atoms with Gasteiger partial charge < -0.3 is 4.90 Å². The van der Waals surface area contributed by atoms with Crippen molar-refractivity contribution in [2.45, 2.75) is 13.5 Å². The fourth-order valence-corrected chi connectivity index (χ4v) is 3.26. The van der Waals surface area contributed by atoms with Gasteiger partial charge in [-0.15, -0.1) is 11.3 Å². The van der Waals surface area contributed by atoms with Crippen LogP contribution in [0.25, 0.3) is 0 Å². The summed E-state index contributed by atoms with van der Waals surface area (Å²) < 4.78 is 1.87. The van der Waals surface area contributed by atoms with Crippen LogP contribution in [-0.2, 0) is 13.6 Å². The molecule has 6 heteroatoms. The maximum atomic E-state index is 11.8. The summed E-state index contributed by atoms with van der Waals surface area (Å²) in [4.78, 5) is 16.4. The lowest BCUT2D eigenvalue weighted by molar-refractivity contribution is 0.698. The maximum absolute atomic E-state index is 11.8. The van der Waals surface area contributed by atoms with Gasteiger partial charge in [-0.3, -0.25) is 4.79 Å². The van der Waals surface area contributed by atoms with E-state index in [2.05, 4.69) is 40.1 Å². The highest BCUT2D eigenvalue weighted by Gasteiger charge is 2.12. The summed E-state index contributed by atoms with van der Waals surface area (Å²) in [6.45, 7) is 2.86. The van der Waals surface area contributed by atoms with E-state index in [9.17, 15) is 4.79 Å². The molecule has 0 fully saturated rings. The molecule has 0 saturated heterocycles. The van der Waals surface area contributed by atoms with Crippen LogP contribution in [0, 0.1) is 6.92 Å². The fourth-order valence-electron chi connectivity index (χ4n) is 1.66. The Morgan fingerprint density at radius 2 is 2.22 bits per heavy atom. The van der Waals surface area contributed by atoms with Crippen LogP contribution in [0.5, 0.6) is 0 Å². The number of hydrogen-bond acceptors (Lipinski definition) is 4. The minimum absolute atomic E-state index is 0.123. The van der Waals surface area contributed by atoms with Gasteiger partial charge >= 0.3 is 0 Å². The first-order valence-electron chi connectivity index (χ1n) is 5.47. The minimum atomic E-state index is -0.123. The molecule has 0 saturated carbocycles. The van der Waals surface area contributed by atoms with Crippen LogP contribution >= 0.6 is 27.3 Å². The maximum Gasteiger partial charge on any atom is 0.282 e. The quantitative estimate of drug-likeness (QED) is 0.869. The van der Waals surface area contributed by atoms with Gasteiger partial charge in [0.05, 0.1) is 18.4 Å². The van der Waals surface area contributed by atoms with E-state index in [0.717, 1.165) is 12.2 Å². The molecular weight excluding hydrogens is 314 g/mol. The number of hydrogen-bond donors (Lipinski definition) is 0. The standard InChI is InChI=1S/C12H14BrN3OS/c1-8-4-5-9(18-8)7-15(2)10-6-14-16(3)12(17)11(10)13/h4-6H,7H2,1-3H3.